The highest BCUT2D eigenvalue weighted by atomic mass is 15.2. The molecular formula is C15H26N2. The summed E-state index contributed by atoms with van der Waals surface area (Å²) >= 11 is 0. The van der Waals surface area contributed by atoms with Gasteiger partial charge < -0.3 is 10.2 Å². The van der Waals surface area contributed by atoms with Gasteiger partial charge in [-0.2, -0.15) is 0 Å². The van der Waals surface area contributed by atoms with E-state index in [1.165, 1.54) is 11.1 Å². The molecule has 0 heterocycles. The van der Waals surface area contributed by atoms with E-state index in [9.17, 15) is 0 Å². The van der Waals surface area contributed by atoms with Crippen LogP contribution in [0.3, 0.4) is 0 Å². The van der Waals surface area contributed by atoms with Crippen LogP contribution in [0.25, 0.3) is 0 Å². The molecule has 0 fully saturated rings. The molecule has 1 N–H and O–H groups in total. The van der Waals surface area contributed by atoms with Crippen LogP contribution in [0.1, 0.15) is 31.9 Å². The summed E-state index contributed by atoms with van der Waals surface area (Å²) in [7, 11) is 4.25. The Bertz CT molecular complexity index is 325. The molecule has 0 unspecified atom stereocenters. The summed E-state index contributed by atoms with van der Waals surface area (Å²) in [6.45, 7) is 8.63. The van der Waals surface area contributed by atoms with Crippen LogP contribution in [0.4, 0.5) is 0 Å². The Hall–Kier alpha value is -0.860. The van der Waals surface area contributed by atoms with Crippen molar-refractivity contribution in [1.29, 1.82) is 0 Å². The van der Waals surface area contributed by atoms with Gasteiger partial charge in [0.15, 0.2) is 0 Å². The van der Waals surface area contributed by atoms with Crippen molar-refractivity contribution in [3.63, 3.8) is 0 Å². The van der Waals surface area contributed by atoms with Gasteiger partial charge >= 0.3 is 0 Å². The van der Waals surface area contributed by atoms with Crippen molar-refractivity contribution >= 4 is 0 Å². The maximum Gasteiger partial charge on any atom is 0.0271 e. The zero-order valence-electron chi connectivity index (χ0n) is 11.9. The third-order valence-corrected chi connectivity index (χ3v) is 3.53. The molecule has 0 atom stereocenters. The molecule has 0 radical (unpaired) electrons. The van der Waals surface area contributed by atoms with Crippen LogP contribution in [0, 0.1) is 0 Å². The fourth-order valence-electron chi connectivity index (χ4n) is 1.56. The second-order valence-electron chi connectivity index (χ2n) is 5.48. The molecule has 0 bridgehead atoms. The quantitative estimate of drug-likeness (QED) is 0.814. The highest BCUT2D eigenvalue weighted by Gasteiger charge is 2.19. The highest BCUT2D eigenvalue weighted by Crippen LogP contribution is 2.09. The highest BCUT2D eigenvalue weighted by molar-refractivity contribution is 5.22. The number of aryl methyl sites for hydroxylation is 1. The molecule has 0 saturated heterocycles. The Morgan fingerprint density at radius 2 is 1.59 bits per heavy atom. The monoisotopic (exact) mass is 234 g/mol. The zero-order valence-corrected chi connectivity index (χ0v) is 11.9. The average Bonchev–Trinajstić information content (AvgIpc) is 2.29. The Balaban J connectivity index is 2.40. The Morgan fingerprint density at radius 3 is 2.06 bits per heavy atom. The van der Waals surface area contributed by atoms with Crippen molar-refractivity contribution in [3.05, 3.63) is 35.4 Å². The van der Waals surface area contributed by atoms with Gasteiger partial charge in [0.2, 0.25) is 0 Å². The summed E-state index contributed by atoms with van der Waals surface area (Å²) in [6.07, 6.45) is 1.11. The van der Waals surface area contributed by atoms with Gasteiger partial charge in [-0.15, -0.1) is 0 Å². The number of hydrogen-bond acceptors (Lipinski definition) is 2. The maximum absolute atomic E-state index is 3.52. The van der Waals surface area contributed by atoms with Crippen molar-refractivity contribution in [2.24, 2.45) is 0 Å². The topological polar surface area (TPSA) is 15.3 Å². The van der Waals surface area contributed by atoms with Gasteiger partial charge in [0, 0.05) is 18.6 Å². The van der Waals surface area contributed by atoms with Crippen LogP contribution in [-0.4, -0.2) is 31.1 Å². The van der Waals surface area contributed by atoms with E-state index < -0.39 is 0 Å². The largest absolute Gasteiger partial charge is 0.311 e. The van der Waals surface area contributed by atoms with Crippen LogP contribution < -0.4 is 5.32 Å². The van der Waals surface area contributed by atoms with Crippen LogP contribution in [-0.2, 0) is 13.0 Å². The first-order chi connectivity index (χ1) is 7.95. The molecule has 0 saturated carbocycles. The van der Waals surface area contributed by atoms with Crippen molar-refractivity contribution in [3.8, 4) is 0 Å². The van der Waals surface area contributed by atoms with Crippen molar-refractivity contribution in [1.82, 2.24) is 10.2 Å². The number of likely N-dealkylation sites (N-methyl/N-ethyl adjacent to an activating group) is 1. The van der Waals surface area contributed by atoms with Gasteiger partial charge in [0.05, 0.1) is 0 Å². The molecule has 0 aliphatic carbocycles. The minimum atomic E-state index is 0.198. The van der Waals surface area contributed by atoms with E-state index in [-0.39, 0.29) is 5.54 Å². The fourth-order valence-corrected chi connectivity index (χ4v) is 1.56. The van der Waals surface area contributed by atoms with Gasteiger partial charge in [-0.05, 0) is 45.5 Å². The number of rotatable bonds is 6. The second kappa shape index (κ2) is 6.18. The Kier molecular flexibility index (Phi) is 5.16. The maximum atomic E-state index is 3.52. The standard InChI is InChI=1S/C15H26N2/c1-6-13-7-9-14(10-8-13)11-16-12-15(2,3)17(4)5/h7-10,16H,6,11-12H2,1-5H3. The predicted octanol–water partition coefficient (Wildman–Crippen LogP) is 2.68. The number of nitrogens with zero attached hydrogens (tertiary/aromatic N) is 1. The van der Waals surface area contributed by atoms with E-state index >= 15 is 0 Å². The first kappa shape index (κ1) is 14.2. The molecule has 0 aliphatic heterocycles. The van der Waals surface area contributed by atoms with Gasteiger partial charge in [-0.25, -0.2) is 0 Å². The van der Waals surface area contributed by atoms with E-state index in [4.69, 9.17) is 0 Å². The van der Waals surface area contributed by atoms with Crippen molar-refractivity contribution < 1.29 is 0 Å². The van der Waals surface area contributed by atoms with E-state index in [0.717, 1.165) is 19.5 Å². The van der Waals surface area contributed by atoms with Gasteiger partial charge in [0.25, 0.3) is 0 Å². The molecule has 1 aromatic carbocycles. The lowest BCUT2D eigenvalue weighted by molar-refractivity contribution is 0.190. The van der Waals surface area contributed by atoms with Crippen molar-refractivity contribution in [2.75, 3.05) is 20.6 Å². The van der Waals surface area contributed by atoms with Crippen molar-refractivity contribution in [2.45, 2.75) is 39.3 Å². The average molecular weight is 234 g/mol. The molecule has 0 aliphatic rings. The number of hydrogen-bond donors (Lipinski definition) is 1. The molecule has 0 spiro atoms. The number of nitrogens with one attached hydrogen (secondary N) is 1. The Morgan fingerprint density at radius 1 is 1.06 bits per heavy atom. The molecule has 0 aromatic heterocycles. The summed E-state index contributed by atoms with van der Waals surface area (Å²) in [5.41, 5.74) is 2.96. The molecular weight excluding hydrogens is 208 g/mol. The summed E-state index contributed by atoms with van der Waals surface area (Å²) in [5, 5.41) is 3.52. The first-order valence-corrected chi connectivity index (χ1v) is 6.41. The van der Waals surface area contributed by atoms with Gasteiger partial charge in [0.1, 0.15) is 0 Å². The van der Waals surface area contributed by atoms with Crippen LogP contribution >= 0.6 is 0 Å². The minimum Gasteiger partial charge on any atom is -0.311 e. The van der Waals surface area contributed by atoms with Crippen LogP contribution in [0.2, 0.25) is 0 Å². The van der Waals surface area contributed by atoms with E-state index in [0.29, 0.717) is 0 Å². The van der Waals surface area contributed by atoms with E-state index in [1.54, 1.807) is 0 Å². The molecule has 1 aromatic rings. The molecule has 2 nitrogen and oxygen atoms in total. The lowest BCUT2D eigenvalue weighted by Gasteiger charge is -2.32. The van der Waals surface area contributed by atoms with Crippen LogP contribution in [0.15, 0.2) is 24.3 Å². The predicted molar refractivity (Wildman–Crippen MR) is 75.3 cm³/mol. The SMILES string of the molecule is CCc1ccc(CNCC(C)(C)N(C)C)cc1. The minimum absolute atomic E-state index is 0.198. The third kappa shape index (κ3) is 4.49. The van der Waals surface area contributed by atoms with Crippen LogP contribution in [0.5, 0.6) is 0 Å². The zero-order chi connectivity index (χ0) is 12.9. The van der Waals surface area contributed by atoms with E-state index in [2.05, 4.69) is 69.3 Å². The smallest absolute Gasteiger partial charge is 0.0271 e. The lowest BCUT2D eigenvalue weighted by atomic mass is 10.0. The molecule has 0 amide bonds. The molecule has 1 rings (SSSR count). The molecule has 2 heteroatoms. The molecule has 17 heavy (non-hydrogen) atoms. The van der Waals surface area contributed by atoms with E-state index in [1.807, 2.05) is 0 Å². The summed E-state index contributed by atoms with van der Waals surface area (Å²) in [5.74, 6) is 0. The van der Waals surface area contributed by atoms with Gasteiger partial charge in [-0.1, -0.05) is 31.2 Å². The fraction of sp³-hybridized carbons (Fsp3) is 0.600. The summed E-state index contributed by atoms with van der Waals surface area (Å²) in [6, 6.07) is 8.87. The Labute approximate surface area is 106 Å². The third-order valence-electron chi connectivity index (χ3n) is 3.53. The lowest BCUT2D eigenvalue weighted by Crippen LogP contribution is -2.46. The molecule has 96 valence electrons. The first-order valence-electron chi connectivity index (χ1n) is 6.41. The summed E-state index contributed by atoms with van der Waals surface area (Å²) < 4.78 is 0. The van der Waals surface area contributed by atoms with Gasteiger partial charge in [-0.3, -0.25) is 0 Å². The second-order valence-corrected chi connectivity index (χ2v) is 5.48. The normalized spacial score (nSPS) is 12.1. The summed E-state index contributed by atoms with van der Waals surface area (Å²) in [4.78, 5) is 2.25. The number of benzene rings is 1.